The van der Waals surface area contributed by atoms with Crippen molar-refractivity contribution in [3.63, 3.8) is 0 Å². The first-order valence-corrected chi connectivity index (χ1v) is 13.3. The highest BCUT2D eigenvalue weighted by atomic mass is 35.5. The highest BCUT2D eigenvalue weighted by Crippen LogP contribution is 2.40. The lowest BCUT2D eigenvalue weighted by Gasteiger charge is -2.27. The summed E-state index contributed by atoms with van der Waals surface area (Å²) in [6.07, 6.45) is 1.01. The molecule has 0 saturated heterocycles. The van der Waals surface area contributed by atoms with Crippen molar-refractivity contribution in [3.8, 4) is 11.5 Å². The number of hydrogen-bond acceptors (Lipinski definition) is 5. The zero-order valence-corrected chi connectivity index (χ0v) is 21.5. The lowest BCUT2D eigenvalue weighted by Crippen LogP contribution is -2.21. The number of rotatable bonds is 11. The highest BCUT2D eigenvalue weighted by molar-refractivity contribution is 7.91. The van der Waals surface area contributed by atoms with Gasteiger partial charge in [0.25, 0.3) is 0 Å². The number of ether oxygens (including phenoxy) is 2. The van der Waals surface area contributed by atoms with Crippen LogP contribution in [0.5, 0.6) is 11.5 Å². The van der Waals surface area contributed by atoms with Crippen LogP contribution in [0.25, 0.3) is 0 Å². The molecule has 1 unspecified atom stereocenters. The fourth-order valence-electron chi connectivity index (χ4n) is 2.96. The van der Waals surface area contributed by atoms with Gasteiger partial charge in [-0.2, -0.15) is 0 Å². The van der Waals surface area contributed by atoms with Crippen molar-refractivity contribution in [3.05, 3.63) is 57.6 Å². The van der Waals surface area contributed by atoms with Gasteiger partial charge in [-0.3, -0.25) is 4.79 Å². The molecule has 5 nitrogen and oxygen atoms in total. The zero-order chi connectivity index (χ0) is 24.1. The van der Waals surface area contributed by atoms with Crippen LogP contribution >= 0.6 is 34.8 Å². The number of benzene rings is 2. The molecule has 0 amide bonds. The number of hydrogen-bond donors (Lipinski definition) is 0. The SMILES string of the molecule is CC(CCl)COc1c(Cl)cc(C(C)(C)c2ccc(OCC(=O)CS(C)(=O)=O)cc2)cc1Cl. The van der Waals surface area contributed by atoms with Crippen molar-refractivity contribution >= 4 is 50.4 Å². The fraction of sp³-hybridized carbons (Fsp3) is 0.435. The van der Waals surface area contributed by atoms with E-state index < -0.39 is 26.8 Å². The molecule has 176 valence electrons. The van der Waals surface area contributed by atoms with E-state index in [-0.39, 0.29) is 12.5 Å². The zero-order valence-electron chi connectivity index (χ0n) is 18.5. The van der Waals surface area contributed by atoms with Gasteiger partial charge in [0.1, 0.15) is 18.1 Å². The van der Waals surface area contributed by atoms with Crippen LogP contribution in [0.1, 0.15) is 31.9 Å². The second-order valence-electron chi connectivity index (χ2n) is 8.39. The van der Waals surface area contributed by atoms with E-state index in [1.165, 1.54) is 0 Å². The maximum Gasteiger partial charge on any atom is 0.185 e. The Labute approximate surface area is 204 Å². The van der Waals surface area contributed by atoms with Crippen molar-refractivity contribution in [2.45, 2.75) is 26.2 Å². The Balaban J connectivity index is 2.15. The molecule has 0 aliphatic carbocycles. The lowest BCUT2D eigenvalue weighted by molar-refractivity contribution is -0.118. The maximum absolute atomic E-state index is 11.7. The molecule has 0 saturated carbocycles. The Kier molecular flexibility index (Phi) is 9.29. The monoisotopic (exact) mass is 520 g/mol. The van der Waals surface area contributed by atoms with Gasteiger partial charge in [0.2, 0.25) is 0 Å². The average Bonchev–Trinajstić information content (AvgIpc) is 2.70. The molecule has 0 N–H and O–H groups in total. The summed E-state index contributed by atoms with van der Waals surface area (Å²) in [5, 5.41) is 0.846. The molecule has 0 radical (unpaired) electrons. The number of carbonyl (C=O) groups excluding carboxylic acids is 1. The number of alkyl halides is 1. The van der Waals surface area contributed by atoms with Gasteiger partial charge < -0.3 is 9.47 Å². The number of sulfone groups is 1. The van der Waals surface area contributed by atoms with Crippen LogP contribution in [0, 0.1) is 5.92 Å². The molecule has 0 aliphatic heterocycles. The molecule has 9 heteroatoms. The molecular weight excluding hydrogens is 495 g/mol. The Bertz CT molecular complexity index is 1030. The van der Waals surface area contributed by atoms with Crippen LogP contribution in [0.15, 0.2) is 36.4 Å². The Morgan fingerprint density at radius 2 is 1.59 bits per heavy atom. The van der Waals surface area contributed by atoms with E-state index >= 15 is 0 Å². The standard InChI is InChI=1S/C23H27Cl3O5S/c1-15(11-24)12-31-22-20(25)9-17(10-21(22)26)23(2,3)16-5-7-19(8-6-16)30-13-18(27)14-32(4,28)29/h5-10,15H,11-14H2,1-4H3. The molecule has 0 spiro atoms. The number of Topliss-reactive ketones (excluding diaryl/α,β-unsaturated/α-hetero) is 1. The van der Waals surface area contributed by atoms with Crippen LogP contribution in [0.3, 0.4) is 0 Å². The molecule has 2 rings (SSSR count). The summed E-state index contributed by atoms with van der Waals surface area (Å²) < 4.78 is 33.5. The number of carbonyl (C=O) groups is 1. The summed E-state index contributed by atoms with van der Waals surface area (Å²) in [6, 6.07) is 10.9. The molecule has 2 aromatic carbocycles. The predicted octanol–water partition coefficient (Wildman–Crippen LogP) is 5.57. The summed E-state index contributed by atoms with van der Waals surface area (Å²) in [6.45, 7) is 6.17. The quantitative estimate of drug-likeness (QED) is 0.362. The minimum absolute atomic E-state index is 0.169. The smallest absolute Gasteiger partial charge is 0.185 e. The number of halogens is 3. The Morgan fingerprint density at radius 3 is 2.09 bits per heavy atom. The van der Waals surface area contributed by atoms with Gasteiger partial charge >= 0.3 is 0 Å². The van der Waals surface area contributed by atoms with Crippen LogP contribution in [0.2, 0.25) is 10.0 Å². The third kappa shape index (κ3) is 7.55. The van der Waals surface area contributed by atoms with E-state index in [2.05, 4.69) is 0 Å². The minimum atomic E-state index is -3.37. The van der Waals surface area contributed by atoms with E-state index in [9.17, 15) is 13.2 Å². The van der Waals surface area contributed by atoms with Gasteiger partial charge in [-0.05, 0) is 35.4 Å². The molecule has 32 heavy (non-hydrogen) atoms. The second-order valence-corrected chi connectivity index (χ2v) is 11.6. The summed E-state index contributed by atoms with van der Waals surface area (Å²) in [5.74, 6) is 0.522. The van der Waals surface area contributed by atoms with Crippen LogP contribution in [-0.2, 0) is 20.0 Å². The summed E-state index contributed by atoms with van der Waals surface area (Å²) >= 11 is 18.7. The minimum Gasteiger partial charge on any atom is -0.490 e. The van der Waals surface area contributed by atoms with Crippen LogP contribution in [-0.4, -0.2) is 45.3 Å². The van der Waals surface area contributed by atoms with E-state index in [0.717, 1.165) is 17.4 Å². The van der Waals surface area contributed by atoms with Gasteiger partial charge in [-0.1, -0.05) is 56.1 Å². The summed E-state index contributed by atoms with van der Waals surface area (Å²) in [5.41, 5.74) is 1.45. The van der Waals surface area contributed by atoms with Crippen molar-refractivity contribution in [1.82, 2.24) is 0 Å². The first kappa shape index (κ1) is 26.8. The molecule has 0 aromatic heterocycles. The van der Waals surface area contributed by atoms with E-state index in [4.69, 9.17) is 44.3 Å². The van der Waals surface area contributed by atoms with Crippen molar-refractivity contribution in [2.75, 3.05) is 31.1 Å². The summed E-state index contributed by atoms with van der Waals surface area (Å²) in [4.78, 5) is 11.7. The van der Waals surface area contributed by atoms with E-state index in [1.54, 1.807) is 12.1 Å². The van der Waals surface area contributed by atoms with Crippen LogP contribution < -0.4 is 9.47 Å². The molecular formula is C23H27Cl3O5S. The average molecular weight is 522 g/mol. The Morgan fingerprint density at radius 1 is 1.03 bits per heavy atom. The van der Waals surface area contributed by atoms with Crippen LogP contribution in [0.4, 0.5) is 0 Å². The molecule has 0 aliphatic rings. The normalized spacial score (nSPS) is 13.0. The van der Waals surface area contributed by atoms with Gasteiger partial charge in [0.05, 0.1) is 16.7 Å². The van der Waals surface area contributed by atoms with E-state index in [0.29, 0.717) is 34.0 Å². The fourth-order valence-corrected chi connectivity index (χ4v) is 4.31. The van der Waals surface area contributed by atoms with Gasteiger partial charge in [-0.25, -0.2) is 8.42 Å². The first-order chi connectivity index (χ1) is 14.8. The first-order valence-electron chi connectivity index (χ1n) is 9.94. The van der Waals surface area contributed by atoms with Gasteiger partial charge in [0.15, 0.2) is 21.4 Å². The van der Waals surface area contributed by atoms with Crippen molar-refractivity contribution in [1.29, 1.82) is 0 Å². The van der Waals surface area contributed by atoms with Gasteiger partial charge in [-0.15, -0.1) is 11.6 Å². The maximum atomic E-state index is 11.7. The van der Waals surface area contributed by atoms with Crippen molar-refractivity contribution < 1.29 is 22.7 Å². The third-order valence-corrected chi connectivity index (χ3v) is 6.83. The topological polar surface area (TPSA) is 69.7 Å². The lowest BCUT2D eigenvalue weighted by atomic mass is 9.78. The van der Waals surface area contributed by atoms with Gasteiger partial charge in [0, 0.05) is 23.5 Å². The number of ketones is 1. The van der Waals surface area contributed by atoms with E-state index in [1.807, 2.05) is 45.0 Å². The molecule has 0 fully saturated rings. The largest absolute Gasteiger partial charge is 0.490 e. The van der Waals surface area contributed by atoms with Crippen molar-refractivity contribution in [2.24, 2.45) is 5.92 Å². The second kappa shape index (κ2) is 11.1. The molecule has 0 heterocycles. The third-order valence-electron chi connectivity index (χ3n) is 4.89. The summed E-state index contributed by atoms with van der Waals surface area (Å²) in [7, 11) is -3.37. The molecule has 1 atom stereocenters. The predicted molar refractivity (Wildman–Crippen MR) is 131 cm³/mol. The highest BCUT2D eigenvalue weighted by Gasteiger charge is 2.26. The molecule has 2 aromatic rings. The Hall–Kier alpha value is -1.47. The molecule has 0 bridgehead atoms.